The summed E-state index contributed by atoms with van der Waals surface area (Å²) < 4.78 is 86.6. The molecule has 0 saturated carbocycles. The van der Waals surface area contributed by atoms with E-state index in [4.69, 9.17) is 75.6 Å². The van der Waals surface area contributed by atoms with Gasteiger partial charge in [-0.3, -0.25) is 0 Å². The van der Waals surface area contributed by atoms with Crippen molar-refractivity contribution in [1.29, 1.82) is 0 Å². The highest BCUT2D eigenvalue weighted by Gasteiger charge is 2.10. The van der Waals surface area contributed by atoms with Crippen molar-refractivity contribution in [3.05, 3.63) is 0 Å². The van der Waals surface area contributed by atoms with Crippen molar-refractivity contribution in [2.24, 2.45) is 0 Å². The molecule has 0 aliphatic rings. The van der Waals surface area contributed by atoms with Gasteiger partial charge in [-0.25, -0.2) is 0 Å². The van der Waals surface area contributed by atoms with Gasteiger partial charge in [0.2, 0.25) is 0 Å². The fourth-order valence-electron chi connectivity index (χ4n) is 3.39. The third-order valence-electron chi connectivity index (χ3n) is 5.86. The summed E-state index contributed by atoms with van der Waals surface area (Å²) >= 11 is 0. The van der Waals surface area contributed by atoms with Crippen molar-refractivity contribution in [2.45, 2.75) is 19.1 Å². The lowest BCUT2D eigenvalue weighted by atomic mass is 10.3. The number of hydrogen-bond donors (Lipinski definition) is 0. The number of ether oxygens (including phenoxy) is 14. The third-order valence-corrected chi connectivity index (χ3v) is 5.86. The maximum absolute atomic E-state index is 5.88. The van der Waals surface area contributed by atoms with Crippen LogP contribution in [0.2, 0.25) is 0 Å². The fourth-order valence-corrected chi connectivity index (χ4v) is 3.39. The SMILES string of the molecule is COCCOCCOCCOCCOBOCCOCCOCCCC(OCCOCCOCCOC)OCCOCCOCCOC. The maximum atomic E-state index is 5.88. The molecule has 288 valence electrons. The van der Waals surface area contributed by atoms with Crippen LogP contribution in [-0.4, -0.2) is 200 Å². The summed E-state index contributed by atoms with van der Waals surface area (Å²) in [4.78, 5) is 0. The van der Waals surface area contributed by atoms with Crippen molar-refractivity contribution in [2.75, 3.05) is 187 Å². The normalized spacial score (nSPS) is 11.7. The van der Waals surface area contributed by atoms with Crippen LogP contribution < -0.4 is 0 Å². The molecule has 0 aromatic carbocycles. The highest BCUT2D eigenvalue weighted by Crippen LogP contribution is 2.05. The lowest BCUT2D eigenvalue weighted by Crippen LogP contribution is -2.23. The maximum Gasteiger partial charge on any atom is 0.438 e. The van der Waals surface area contributed by atoms with Gasteiger partial charge in [-0.2, -0.15) is 0 Å². The minimum absolute atomic E-state index is 0.189. The second-order valence-corrected chi connectivity index (χ2v) is 9.74. The first-order chi connectivity index (χ1) is 23.8. The monoisotopic (exact) mass is 704 g/mol. The molecule has 0 heterocycles. The Morgan fingerprint density at radius 3 is 0.917 bits per heavy atom. The van der Waals surface area contributed by atoms with Gasteiger partial charge in [0.05, 0.1) is 159 Å². The summed E-state index contributed by atoms with van der Waals surface area (Å²) in [5.41, 5.74) is 0. The highest BCUT2D eigenvalue weighted by atomic mass is 16.7. The van der Waals surface area contributed by atoms with Gasteiger partial charge in [-0.05, 0) is 6.42 Å². The Morgan fingerprint density at radius 2 is 0.583 bits per heavy atom. The Hall–Kier alpha value is -0.575. The van der Waals surface area contributed by atoms with E-state index in [0.29, 0.717) is 172 Å². The second kappa shape index (κ2) is 44.4. The van der Waals surface area contributed by atoms with Crippen LogP contribution in [-0.2, 0) is 75.6 Å². The molecule has 17 heteroatoms. The quantitative estimate of drug-likeness (QED) is 0.0493. The van der Waals surface area contributed by atoms with Crippen LogP contribution in [0, 0.1) is 0 Å². The van der Waals surface area contributed by atoms with Gasteiger partial charge in [-0.15, -0.1) is 0 Å². The average Bonchev–Trinajstić information content (AvgIpc) is 3.10. The Bertz CT molecular complexity index is 551. The van der Waals surface area contributed by atoms with E-state index >= 15 is 0 Å². The van der Waals surface area contributed by atoms with E-state index in [1.54, 1.807) is 21.3 Å². The van der Waals surface area contributed by atoms with E-state index < -0.39 is 0 Å². The zero-order chi connectivity index (χ0) is 34.7. The van der Waals surface area contributed by atoms with Crippen LogP contribution in [0.3, 0.4) is 0 Å². The molecule has 0 atom stereocenters. The fraction of sp³-hybridized carbons (Fsp3) is 1.00. The van der Waals surface area contributed by atoms with Crippen molar-refractivity contribution in [3.8, 4) is 0 Å². The molecule has 0 saturated heterocycles. The topological polar surface area (TPSA) is 148 Å². The smallest absolute Gasteiger partial charge is 0.412 e. The molecule has 0 aliphatic heterocycles. The van der Waals surface area contributed by atoms with Gasteiger partial charge in [0.15, 0.2) is 6.29 Å². The van der Waals surface area contributed by atoms with E-state index in [0.717, 1.165) is 6.42 Å². The summed E-state index contributed by atoms with van der Waals surface area (Å²) in [5, 5.41) is 0. The zero-order valence-electron chi connectivity index (χ0n) is 29.9. The minimum Gasteiger partial charge on any atom is -0.412 e. The summed E-state index contributed by atoms with van der Waals surface area (Å²) in [6.45, 7) is 12.6. The molecule has 0 N–H and O–H groups in total. The van der Waals surface area contributed by atoms with Crippen molar-refractivity contribution in [1.82, 2.24) is 0 Å². The first-order valence-corrected chi connectivity index (χ1v) is 16.9. The van der Waals surface area contributed by atoms with Crippen LogP contribution in [0.4, 0.5) is 0 Å². The predicted octanol–water partition coefficient (Wildman–Crippen LogP) is 0.514. The van der Waals surface area contributed by atoms with Crippen molar-refractivity contribution in [3.63, 3.8) is 0 Å². The number of methoxy groups -OCH3 is 3. The van der Waals surface area contributed by atoms with Gasteiger partial charge in [0.25, 0.3) is 0 Å². The van der Waals surface area contributed by atoms with Crippen molar-refractivity contribution < 1.29 is 75.6 Å². The molecule has 0 amide bonds. The molecule has 0 aromatic heterocycles. The Morgan fingerprint density at radius 1 is 0.312 bits per heavy atom. The molecular weight excluding hydrogens is 639 g/mol. The van der Waals surface area contributed by atoms with Crippen LogP contribution >= 0.6 is 0 Å². The molecule has 0 rings (SSSR count). The minimum atomic E-state index is -0.380. The van der Waals surface area contributed by atoms with Crippen LogP contribution in [0.25, 0.3) is 0 Å². The van der Waals surface area contributed by atoms with Crippen LogP contribution in [0.1, 0.15) is 12.8 Å². The molecule has 0 spiro atoms. The largest absolute Gasteiger partial charge is 0.438 e. The van der Waals surface area contributed by atoms with Crippen LogP contribution in [0.15, 0.2) is 0 Å². The molecule has 0 aliphatic carbocycles. The lowest BCUT2D eigenvalue weighted by Gasteiger charge is -2.19. The van der Waals surface area contributed by atoms with Gasteiger partial charge in [0, 0.05) is 34.4 Å². The van der Waals surface area contributed by atoms with Gasteiger partial charge < -0.3 is 75.6 Å². The summed E-state index contributed by atoms with van der Waals surface area (Å²) in [5.74, 6) is 0. The van der Waals surface area contributed by atoms with E-state index in [9.17, 15) is 0 Å². The van der Waals surface area contributed by atoms with E-state index in [-0.39, 0.29) is 14.0 Å². The lowest BCUT2D eigenvalue weighted by molar-refractivity contribution is -0.164. The van der Waals surface area contributed by atoms with Gasteiger partial charge in [-0.1, -0.05) is 0 Å². The number of rotatable bonds is 44. The first kappa shape index (κ1) is 47.4. The van der Waals surface area contributed by atoms with Gasteiger partial charge >= 0.3 is 7.69 Å². The average molecular weight is 705 g/mol. The van der Waals surface area contributed by atoms with E-state index in [1.807, 2.05) is 0 Å². The molecule has 0 bridgehead atoms. The van der Waals surface area contributed by atoms with E-state index in [2.05, 4.69) is 0 Å². The molecule has 0 fully saturated rings. The Balaban J connectivity index is 3.67. The third kappa shape index (κ3) is 41.6. The summed E-state index contributed by atoms with van der Waals surface area (Å²) in [6, 6.07) is 0. The second-order valence-electron chi connectivity index (χ2n) is 9.74. The predicted molar refractivity (Wildman–Crippen MR) is 177 cm³/mol. The first-order valence-electron chi connectivity index (χ1n) is 16.9. The van der Waals surface area contributed by atoms with E-state index in [1.165, 1.54) is 0 Å². The highest BCUT2D eigenvalue weighted by molar-refractivity contribution is 6.17. The van der Waals surface area contributed by atoms with Crippen molar-refractivity contribution >= 4 is 7.69 Å². The molecule has 48 heavy (non-hydrogen) atoms. The zero-order valence-corrected chi connectivity index (χ0v) is 29.9. The van der Waals surface area contributed by atoms with Gasteiger partial charge in [0.1, 0.15) is 0 Å². The molecule has 16 nitrogen and oxygen atoms in total. The molecule has 0 unspecified atom stereocenters. The Kier molecular flexibility index (Phi) is 43.9. The standard InChI is InChI=1S/C31H65BO16/c1-33-7-10-37-15-18-40-19-22-44-26-30-48-32-47-29-25-43-14-13-36-6-4-5-31(45-27-23-41-20-16-38-11-8-34-2)46-28-24-42-21-17-39-12-9-35-3/h31-32H,4-30H2,1-3H3. The summed E-state index contributed by atoms with van der Waals surface area (Å²) in [7, 11) is 5.11. The molecule has 0 aromatic rings. The Labute approximate surface area is 289 Å². The molecule has 0 radical (unpaired) electrons. The summed E-state index contributed by atoms with van der Waals surface area (Å²) in [6.07, 6.45) is 1.07. The molecular formula is C31H65BO16. The van der Waals surface area contributed by atoms with Crippen LogP contribution in [0.5, 0.6) is 0 Å². The number of hydrogen-bond acceptors (Lipinski definition) is 16.